The zero-order valence-electron chi connectivity index (χ0n) is 23.7. The zero-order valence-corrected chi connectivity index (χ0v) is 25.5. The van der Waals surface area contributed by atoms with Crippen LogP contribution < -0.4 is 5.32 Å². The Balaban J connectivity index is 1.32. The van der Waals surface area contributed by atoms with Crippen molar-refractivity contribution in [3.8, 4) is 11.3 Å². The van der Waals surface area contributed by atoms with E-state index in [9.17, 15) is 9.59 Å². The SMILES string of the molecule is CC1Cc2c(ccc(-c3n[nH]c(COCC[Si](C)(C)C)c3COC3CN(C(=O)c4ncccc4Cl)C3)c2F)NC1=O. The van der Waals surface area contributed by atoms with Crippen LogP contribution in [0.1, 0.15) is 34.2 Å². The molecule has 1 atom stereocenters. The third-order valence-corrected chi connectivity index (χ3v) is 9.48. The van der Waals surface area contributed by atoms with E-state index in [4.69, 9.17) is 21.1 Å². The first-order chi connectivity index (χ1) is 19.5. The minimum absolute atomic E-state index is 0.116. The number of hydrogen-bond acceptors (Lipinski definition) is 6. The van der Waals surface area contributed by atoms with Crippen LogP contribution in [0.25, 0.3) is 11.3 Å². The summed E-state index contributed by atoms with van der Waals surface area (Å²) in [7, 11) is -1.26. The quantitative estimate of drug-likeness (QED) is 0.242. The summed E-state index contributed by atoms with van der Waals surface area (Å²) < 4.78 is 28.0. The van der Waals surface area contributed by atoms with Gasteiger partial charge in [0, 0.05) is 62.3 Å². The topological polar surface area (TPSA) is 109 Å². The van der Waals surface area contributed by atoms with Crippen molar-refractivity contribution in [3.05, 3.63) is 63.8 Å². The van der Waals surface area contributed by atoms with Crippen LogP contribution in [-0.2, 0) is 33.9 Å². The van der Waals surface area contributed by atoms with Crippen molar-refractivity contribution < 1.29 is 23.5 Å². The molecule has 0 saturated carbocycles. The van der Waals surface area contributed by atoms with Gasteiger partial charge < -0.3 is 19.7 Å². The fourth-order valence-electron chi connectivity index (χ4n) is 4.83. The molecule has 3 aromatic rings. The van der Waals surface area contributed by atoms with Gasteiger partial charge in [0.1, 0.15) is 17.2 Å². The van der Waals surface area contributed by atoms with E-state index < -0.39 is 13.9 Å². The molecule has 1 unspecified atom stereocenters. The van der Waals surface area contributed by atoms with Gasteiger partial charge in [0.2, 0.25) is 5.91 Å². The van der Waals surface area contributed by atoms with Gasteiger partial charge in [0.15, 0.2) is 0 Å². The molecule has 1 fully saturated rings. The first kappa shape index (κ1) is 29.4. The summed E-state index contributed by atoms with van der Waals surface area (Å²) in [4.78, 5) is 30.6. The normalized spacial score (nSPS) is 17.3. The van der Waals surface area contributed by atoms with Crippen LogP contribution in [0.5, 0.6) is 0 Å². The number of H-pyrrole nitrogens is 1. The number of benzene rings is 1. The number of pyridine rings is 1. The number of ether oxygens (including phenoxy) is 2. The Morgan fingerprint density at radius 1 is 1.22 bits per heavy atom. The van der Waals surface area contributed by atoms with Gasteiger partial charge in [0.05, 0.1) is 30.0 Å². The van der Waals surface area contributed by atoms with Crippen molar-refractivity contribution in [2.75, 3.05) is 25.0 Å². The Hall–Kier alpha value is -3.12. The number of aromatic nitrogens is 3. The maximum Gasteiger partial charge on any atom is 0.274 e. The van der Waals surface area contributed by atoms with E-state index >= 15 is 4.39 Å². The van der Waals surface area contributed by atoms with Crippen LogP contribution in [-0.4, -0.2) is 65.8 Å². The molecule has 1 saturated heterocycles. The number of hydrogen-bond donors (Lipinski definition) is 2. The molecule has 1 aromatic carbocycles. The van der Waals surface area contributed by atoms with Gasteiger partial charge in [-0.15, -0.1) is 0 Å². The van der Waals surface area contributed by atoms with E-state index in [0.29, 0.717) is 65.8 Å². The molecule has 2 N–H and O–H groups in total. The minimum Gasteiger partial charge on any atom is -0.375 e. The molecule has 218 valence electrons. The molecule has 5 rings (SSSR count). The fourth-order valence-corrected chi connectivity index (χ4v) is 5.79. The first-order valence-corrected chi connectivity index (χ1v) is 17.9. The lowest BCUT2D eigenvalue weighted by atomic mass is 9.91. The molecule has 2 aliphatic heterocycles. The van der Waals surface area contributed by atoms with Crippen molar-refractivity contribution in [1.29, 1.82) is 0 Å². The van der Waals surface area contributed by atoms with Crippen LogP contribution in [0, 0.1) is 11.7 Å². The molecule has 9 nitrogen and oxygen atoms in total. The number of halogens is 2. The zero-order chi connectivity index (χ0) is 29.3. The van der Waals surface area contributed by atoms with Gasteiger partial charge in [-0.1, -0.05) is 38.2 Å². The lowest BCUT2D eigenvalue weighted by Crippen LogP contribution is -2.54. The maximum atomic E-state index is 15.8. The summed E-state index contributed by atoms with van der Waals surface area (Å²) in [5.41, 5.74) is 3.40. The monoisotopic (exact) mass is 599 g/mol. The molecule has 0 spiro atoms. The molecule has 2 amide bonds. The second kappa shape index (κ2) is 12.0. The predicted molar refractivity (Wildman–Crippen MR) is 157 cm³/mol. The fraction of sp³-hybridized carbons (Fsp3) is 0.448. The number of likely N-dealkylation sites (tertiary alicyclic amines) is 1. The van der Waals surface area contributed by atoms with Gasteiger partial charge in [-0.25, -0.2) is 9.37 Å². The molecule has 0 bridgehead atoms. The number of rotatable bonds is 10. The standard InChI is InChI=1S/C29H35ClFN5O4Si/c1-17-12-20-23(33-28(17)37)8-7-19(25(20)31)26-21(24(34-35-26)16-39-10-11-41(2,3)4)15-40-18-13-36(14-18)29(38)27-22(30)6-5-9-32-27/h5-9,17-18H,10-16H2,1-4H3,(H,33,37)(H,34,35). The van der Waals surface area contributed by atoms with Crippen LogP contribution in [0.2, 0.25) is 30.7 Å². The number of amides is 2. The summed E-state index contributed by atoms with van der Waals surface area (Å²) in [5, 5.41) is 10.6. The lowest BCUT2D eigenvalue weighted by Gasteiger charge is -2.38. The summed E-state index contributed by atoms with van der Waals surface area (Å²) in [6.07, 6.45) is 1.65. The van der Waals surface area contributed by atoms with Crippen LogP contribution in [0.4, 0.5) is 10.1 Å². The third-order valence-electron chi connectivity index (χ3n) is 7.47. The van der Waals surface area contributed by atoms with Gasteiger partial charge in [-0.05, 0) is 36.7 Å². The Morgan fingerprint density at radius 3 is 2.73 bits per heavy atom. The Labute approximate surface area is 244 Å². The highest BCUT2D eigenvalue weighted by molar-refractivity contribution is 6.76. The van der Waals surface area contributed by atoms with Crippen LogP contribution in [0.15, 0.2) is 30.5 Å². The second-order valence-electron chi connectivity index (χ2n) is 11.9. The first-order valence-electron chi connectivity index (χ1n) is 13.8. The van der Waals surface area contributed by atoms with Gasteiger partial charge in [-0.2, -0.15) is 5.10 Å². The van der Waals surface area contributed by atoms with Crippen molar-refractivity contribution in [2.45, 2.75) is 58.3 Å². The number of carbonyl (C=O) groups excluding carboxylic acids is 2. The number of fused-ring (bicyclic) bond motifs is 1. The summed E-state index contributed by atoms with van der Waals surface area (Å²) in [6, 6.07) is 7.70. The molecule has 4 heterocycles. The van der Waals surface area contributed by atoms with E-state index in [0.717, 1.165) is 11.7 Å². The second-order valence-corrected chi connectivity index (χ2v) is 17.9. The number of nitrogens with zero attached hydrogens (tertiary/aromatic N) is 3. The van der Waals surface area contributed by atoms with Gasteiger partial charge in [-0.3, -0.25) is 14.7 Å². The summed E-state index contributed by atoms with van der Waals surface area (Å²) in [5.74, 6) is -1.08. The molecule has 0 aliphatic carbocycles. The Bertz CT molecular complexity index is 1450. The van der Waals surface area contributed by atoms with E-state index in [2.05, 4.69) is 40.1 Å². The average Bonchev–Trinajstić information content (AvgIpc) is 3.29. The largest absolute Gasteiger partial charge is 0.375 e. The number of anilines is 1. The molecule has 2 aromatic heterocycles. The highest BCUT2D eigenvalue weighted by Crippen LogP contribution is 2.36. The number of carbonyl (C=O) groups is 2. The van der Waals surface area contributed by atoms with Gasteiger partial charge >= 0.3 is 0 Å². The molecular formula is C29H35ClFN5O4Si. The van der Waals surface area contributed by atoms with Gasteiger partial charge in [0.25, 0.3) is 5.91 Å². The third kappa shape index (κ3) is 6.53. The van der Waals surface area contributed by atoms with Crippen molar-refractivity contribution in [2.24, 2.45) is 5.92 Å². The van der Waals surface area contributed by atoms with E-state index in [-0.39, 0.29) is 36.1 Å². The molecule has 12 heteroatoms. The molecular weight excluding hydrogens is 565 g/mol. The van der Waals surface area contributed by atoms with Crippen LogP contribution in [0.3, 0.4) is 0 Å². The smallest absolute Gasteiger partial charge is 0.274 e. The molecule has 2 aliphatic rings. The highest BCUT2D eigenvalue weighted by Gasteiger charge is 2.34. The predicted octanol–water partition coefficient (Wildman–Crippen LogP) is 5.29. The minimum atomic E-state index is -1.26. The van der Waals surface area contributed by atoms with E-state index in [1.54, 1.807) is 36.1 Å². The van der Waals surface area contributed by atoms with Crippen molar-refractivity contribution in [1.82, 2.24) is 20.1 Å². The Morgan fingerprint density at radius 2 is 2.00 bits per heavy atom. The summed E-state index contributed by atoms with van der Waals surface area (Å²) >= 11 is 6.14. The molecule has 0 radical (unpaired) electrons. The Kier molecular flexibility index (Phi) is 8.60. The highest BCUT2D eigenvalue weighted by atomic mass is 35.5. The van der Waals surface area contributed by atoms with Crippen molar-refractivity contribution in [3.63, 3.8) is 0 Å². The summed E-state index contributed by atoms with van der Waals surface area (Å²) in [6.45, 7) is 10.5. The van der Waals surface area contributed by atoms with E-state index in [1.165, 1.54) is 6.20 Å². The lowest BCUT2D eigenvalue weighted by molar-refractivity contribution is -0.119. The molecule has 41 heavy (non-hydrogen) atoms. The van der Waals surface area contributed by atoms with Crippen molar-refractivity contribution >= 4 is 37.2 Å². The number of nitrogens with one attached hydrogen (secondary N) is 2. The average molecular weight is 600 g/mol. The van der Waals surface area contributed by atoms with E-state index in [1.807, 2.05) is 0 Å². The van der Waals surface area contributed by atoms with Crippen LogP contribution >= 0.6 is 11.6 Å². The number of aromatic amines is 1. The maximum absolute atomic E-state index is 15.8.